The van der Waals surface area contributed by atoms with Crippen molar-refractivity contribution in [3.63, 3.8) is 0 Å². The van der Waals surface area contributed by atoms with Crippen LogP contribution in [0.25, 0.3) is 0 Å². The fourth-order valence-electron chi connectivity index (χ4n) is 1.48. The van der Waals surface area contributed by atoms with Gasteiger partial charge in [0, 0.05) is 6.42 Å². The Morgan fingerprint density at radius 3 is 3.00 bits per heavy atom. The summed E-state index contributed by atoms with van der Waals surface area (Å²) in [5, 5.41) is 0.651. The van der Waals surface area contributed by atoms with Gasteiger partial charge in [-0.2, -0.15) is 0 Å². The molecule has 4 heteroatoms. The van der Waals surface area contributed by atoms with Crippen molar-refractivity contribution < 1.29 is 4.74 Å². The molecular weight excluding hydrogens is 172 g/mol. The summed E-state index contributed by atoms with van der Waals surface area (Å²) in [5.74, 6) is 0. The predicted octanol–water partition coefficient (Wildman–Crippen LogP) is 1.53. The van der Waals surface area contributed by atoms with Crippen molar-refractivity contribution in [3.8, 4) is 0 Å². The number of rotatable bonds is 0. The van der Waals surface area contributed by atoms with Gasteiger partial charge in [0.2, 0.25) is 0 Å². The molecule has 2 N–H and O–H groups in total. The molecule has 1 aromatic rings. The molecule has 0 bridgehead atoms. The van der Waals surface area contributed by atoms with Gasteiger partial charge in [0.1, 0.15) is 0 Å². The maximum Gasteiger partial charge on any atom is 0.180 e. The lowest BCUT2D eigenvalue weighted by Gasteiger charge is -2.28. The highest BCUT2D eigenvalue weighted by molar-refractivity contribution is 7.15. The average molecular weight is 184 g/mol. The molecule has 3 nitrogen and oxygen atoms in total. The quantitative estimate of drug-likeness (QED) is 0.665. The maximum absolute atomic E-state index is 5.63. The molecule has 0 aliphatic carbocycles. The van der Waals surface area contributed by atoms with Crippen molar-refractivity contribution >= 4 is 16.5 Å². The Labute approximate surface area is 75.6 Å². The molecule has 1 aromatic heterocycles. The molecule has 1 aliphatic heterocycles. The van der Waals surface area contributed by atoms with Gasteiger partial charge < -0.3 is 10.5 Å². The van der Waals surface area contributed by atoms with E-state index in [2.05, 4.69) is 18.8 Å². The summed E-state index contributed by atoms with van der Waals surface area (Å²) in [5.41, 5.74) is 6.56. The van der Waals surface area contributed by atoms with Crippen LogP contribution in [-0.4, -0.2) is 11.6 Å². The van der Waals surface area contributed by atoms with Crippen LogP contribution in [0.3, 0.4) is 0 Å². The van der Waals surface area contributed by atoms with Crippen molar-refractivity contribution in [3.05, 3.63) is 10.6 Å². The molecule has 1 aliphatic rings. The monoisotopic (exact) mass is 184 g/mol. The second-order valence-corrected chi connectivity index (χ2v) is 4.47. The summed E-state index contributed by atoms with van der Waals surface area (Å²) < 4.78 is 5.62. The first-order valence-electron chi connectivity index (χ1n) is 3.99. The molecule has 2 heterocycles. The topological polar surface area (TPSA) is 48.1 Å². The van der Waals surface area contributed by atoms with Crippen LogP contribution in [0.2, 0.25) is 0 Å². The Kier molecular flexibility index (Phi) is 1.63. The number of nitrogen functional groups attached to an aromatic ring is 1. The highest BCUT2D eigenvalue weighted by Gasteiger charge is 2.31. The lowest BCUT2D eigenvalue weighted by molar-refractivity contribution is -0.0290. The van der Waals surface area contributed by atoms with Crippen LogP contribution in [0.1, 0.15) is 24.4 Å². The molecule has 0 spiro atoms. The third-order valence-electron chi connectivity index (χ3n) is 2.06. The van der Waals surface area contributed by atoms with Gasteiger partial charge in [-0.05, 0) is 13.8 Å². The van der Waals surface area contributed by atoms with Gasteiger partial charge in [0.25, 0.3) is 0 Å². The zero-order chi connectivity index (χ0) is 8.77. The fourth-order valence-corrected chi connectivity index (χ4v) is 2.41. The Morgan fingerprint density at radius 2 is 2.33 bits per heavy atom. The summed E-state index contributed by atoms with van der Waals surface area (Å²) in [6.07, 6.45) is 0.895. The van der Waals surface area contributed by atoms with Crippen molar-refractivity contribution in [1.82, 2.24) is 4.98 Å². The summed E-state index contributed by atoms with van der Waals surface area (Å²) in [6.45, 7) is 4.87. The van der Waals surface area contributed by atoms with Crippen molar-refractivity contribution in [2.75, 3.05) is 12.3 Å². The Morgan fingerprint density at radius 1 is 1.58 bits per heavy atom. The minimum absolute atomic E-state index is 0.192. The van der Waals surface area contributed by atoms with Crippen LogP contribution < -0.4 is 5.73 Å². The number of thiazole rings is 1. The zero-order valence-corrected chi connectivity index (χ0v) is 8.07. The highest BCUT2D eigenvalue weighted by Crippen LogP contribution is 2.37. The number of nitrogens with two attached hydrogens (primary N) is 1. The van der Waals surface area contributed by atoms with E-state index in [1.165, 1.54) is 16.2 Å². The molecule has 0 saturated carbocycles. The van der Waals surface area contributed by atoms with E-state index in [1.807, 2.05) is 0 Å². The van der Waals surface area contributed by atoms with Gasteiger partial charge in [-0.25, -0.2) is 4.98 Å². The van der Waals surface area contributed by atoms with E-state index < -0.39 is 0 Å². The number of hydrogen-bond acceptors (Lipinski definition) is 4. The van der Waals surface area contributed by atoms with Crippen LogP contribution in [0, 0.1) is 0 Å². The van der Waals surface area contributed by atoms with Crippen molar-refractivity contribution in [1.29, 1.82) is 0 Å². The predicted molar refractivity (Wildman–Crippen MR) is 49.2 cm³/mol. The molecule has 0 unspecified atom stereocenters. The van der Waals surface area contributed by atoms with E-state index in [-0.39, 0.29) is 5.60 Å². The lowest BCUT2D eigenvalue weighted by atomic mass is 10.0. The number of aromatic nitrogens is 1. The van der Waals surface area contributed by atoms with Crippen LogP contribution in [-0.2, 0) is 16.8 Å². The highest BCUT2D eigenvalue weighted by atomic mass is 32.1. The van der Waals surface area contributed by atoms with Gasteiger partial charge in [-0.1, -0.05) is 11.3 Å². The number of hydrogen-bond donors (Lipinski definition) is 1. The minimum atomic E-state index is -0.192. The first-order chi connectivity index (χ1) is 5.59. The van der Waals surface area contributed by atoms with E-state index in [0.717, 1.165) is 18.7 Å². The molecule has 0 saturated heterocycles. The number of nitrogens with zero attached hydrogens (tertiary/aromatic N) is 1. The molecule has 0 aromatic carbocycles. The van der Waals surface area contributed by atoms with Gasteiger partial charge in [0.15, 0.2) is 5.13 Å². The van der Waals surface area contributed by atoms with E-state index in [4.69, 9.17) is 10.5 Å². The van der Waals surface area contributed by atoms with Gasteiger partial charge in [-0.15, -0.1) is 0 Å². The van der Waals surface area contributed by atoms with E-state index in [0.29, 0.717) is 5.13 Å². The maximum atomic E-state index is 5.63. The number of anilines is 1. The van der Waals surface area contributed by atoms with Crippen molar-refractivity contribution in [2.45, 2.75) is 25.9 Å². The third kappa shape index (κ3) is 1.11. The minimum Gasteiger partial charge on any atom is -0.375 e. The normalized spacial score (nSPS) is 20.5. The van der Waals surface area contributed by atoms with Crippen LogP contribution >= 0.6 is 11.3 Å². The zero-order valence-electron chi connectivity index (χ0n) is 7.26. The second kappa shape index (κ2) is 2.44. The molecule has 0 radical (unpaired) electrons. The molecular formula is C8H12N2OS. The third-order valence-corrected chi connectivity index (χ3v) is 3.29. The van der Waals surface area contributed by atoms with E-state index in [9.17, 15) is 0 Å². The first kappa shape index (κ1) is 8.01. The van der Waals surface area contributed by atoms with Gasteiger partial charge >= 0.3 is 0 Å². The standard InChI is InChI=1S/C8H12N2OS/c1-8(2)6-5(3-4-11-8)10-7(9)12-6/h3-4H2,1-2H3,(H2,9,10). The van der Waals surface area contributed by atoms with Gasteiger partial charge in [0.05, 0.1) is 22.8 Å². The first-order valence-corrected chi connectivity index (χ1v) is 4.81. The molecule has 2 rings (SSSR count). The smallest absolute Gasteiger partial charge is 0.180 e. The molecule has 66 valence electrons. The second-order valence-electron chi connectivity index (χ2n) is 3.44. The van der Waals surface area contributed by atoms with Gasteiger partial charge in [-0.3, -0.25) is 0 Å². The Balaban J connectivity index is 2.51. The summed E-state index contributed by atoms with van der Waals surface area (Å²) >= 11 is 1.54. The van der Waals surface area contributed by atoms with Crippen LogP contribution in [0.5, 0.6) is 0 Å². The molecule has 0 atom stereocenters. The van der Waals surface area contributed by atoms with Crippen molar-refractivity contribution in [2.24, 2.45) is 0 Å². The molecule has 12 heavy (non-hydrogen) atoms. The largest absolute Gasteiger partial charge is 0.375 e. The number of ether oxygens (including phenoxy) is 1. The fraction of sp³-hybridized carbons (Fsp3) is 0.625. The van der Waals surface area contributed by atoms with Crippen LogP contribution in [0.4, 0.5) is 5.13 Å². The van der Waals surface area contributed by atoms with Crippen LogP contribution in [0.15, 0.2) is 0 Å². The Hall–Kier alpha value is -0.610. The average Bonchev–Trinajstić information content (AvgIpc) is 2.30. The summed E-state index contributed by atoms with van der Waals surface area (Å²) in [7, 11) is 0. The molecule has 0 amide bonds. The summed E-state index contributed by atoms with van der Waals surface area (Å²) in [4.78, 5) is 5.45. The Bertz CT molecular complexity index is 306. The molecule has 0 fully saturated rings. The van der Waals surface area contributed by atoms with E-state index in [1.54, 1.807) is 0 Å². The lowest BCUT2D eigenvalue weighted by Crippen LogP contribution is -2.27. The number of fused-ring (bicyclic) bond motifs is 1. The SMILES string of the molecule is CC1(C)OCCc2nc(N)sc21. The summed E-state index contributed by atoms with van der Waals surface area (Å²) in [6, 6.07) is 0. The van der Waals surface area contributed by atoms with E-state index >= 15 is 0 Å².